The van der Waals surface area contributed by atoms with Crippen molar-refractivity contribution in [1.29, 1.82) is 0 Å². The molecule has 0 spiro atoms. The van der Waals surface area contributed by atoms with Crippen molar-refractivity contribution in [3.05, 3.63) is 69.7 Å². The average Bonchev–Trinajstić information content (AvgIpc) is 2.59. The van der Waals surface area contributed by atoms with Gasteiger partial charge in [-0.05, 0) is 43.4 Å². The summed E-state index contributed by atoms with van der Waals surface area (Å²) in [5.41, 5.74) is 1.45. The van der Waals surface area contributed by atoms with E-state index in [9.17, 15) is 9.90 Å². The number of benzene rings is 1. The SMILES string of the molecule is CN(Cc1cc(Cl)ccn1)CC(O)COc1ccc2[nH]c(=O)ccc2c1. The molecule has 0 saturated heterocycles. The number of hydrogen-bond donors (Lipinski definition) is 2. The van der Waals surface area contributed by atoms with Crippen LogP contribution in [0.4, 0.5) is 0 Å². The molecule has 1 aromatic carbocycles. The highest BCUT2D eigenvalue weighted by Crippen LogP contribution is 2.18. The molecule has 0 aliphatic carbocycles. The van der Waals surface area contributed by atoms with Crippen LogP contribution in [0.15, 0.2) is 53.5 Å². The van der Waals surface area contributed by atoms with Crippen LogP contribution in [-0.2, 0) is 6.54 Å². The van der Waals surface area contributed by atoms with Gasteiger partial charge in [-0.15, -0.1) is 0 Å². The highest BCUT2D eigenvalue weighted by Gasteiger charge is 2.11. The zero-order chi connectivity index (χ0) is 18.5. The van der Waals surface area contributed by atoms with E-state index in [1.54, 1.807) is 36.5 Å². The molecule has 0 amide bonds. The van der Waals surface area contributed by atoms with E-state index in [0.717, 1.165) is 16.6 Å². The van der Waals surface area contributed by atoms with Gasteiger partial charge in [0.15, 0.2) is 0 Å². The molecule has 1 atom stereocenters. The second-order valence-electron chi connectivity index (χ2n) is 6.20. The summed E-state index contributed by atoms with van der Waals surface area (Å²) in [6, 6.07) is 12.1. The normalized spacial score (nSPS) is 12.5. The summed E-state index contributed by atoms with van der Waals surface area (Å²) < 4.78 is 5.67. The predicted octanol–water partition coefficient (Wildman–Crippen LogP) is 2.45. The fourth-order valence-electron chi connectivity index (χ4n) is 2.70. The Labute approximate surface area is 156 Å². The number of pyridine rings is 2. The Kier molecular flexibility index (Phi) is 5.88. The first kappa shape index (κ1) is 18.4. The maximum Gasteiger partial charge on any atom is 0.248 e. The van der Waals surface area contributed by atoms with Crippen LogP contribution in [0.25, 0.3) is 10.9 Å². The molecule has 2 aromatic heterocycles. The Bertz CT molecular complexity index is 944. The van der Waals surface area contributed by atoms with E-state index >= 15 is 0 Å². The zero-order valence-corrected chi connectivity index (χ0v) is 15.1. The molecule has 136 valence electrons. The van der Waals surface area contributed by atoms with Crippen molar-refractivity contribution in [3.63, 3.8) is 0 Å². The number of nitrogens with one attached hydrogen (secondary N) is 1. The molecule has 3 aromatic rings. The maximum absolute atomic E-state index is 11.3. The number of aliphatic hydroxyl groups excluding tert-OH is 1. The van der Waals surface area contributed by atoms with Crippen molar-refractivity contribution in [3.8, 4) is 5.75 Å². The maximum atomic E-state index is 11.3. The van der Waals surface area contributed by atoms with Gasteiger partial charge in [0, 0.05) is 41.3 Å². The average molecular weight is 374 g/mol. The number of H-pyrrole nitrogens is 1. The van der Waals surface area contributed by atoms with Crippen LogP contribution in [0.1, 0.15) is 5.69 Å². The van der Waals surface area contributed by atoms with Crippen LogP contribution in [-0.4, -0.2) is 46.3 Å². The number of nitrogens with zero attached hydrogens (tertiary/aromatic N) is 2. The van der Waals surface area contributed by atoms with Gasteiger partial charge in [0.2, 0.25) is 5.56 Å². The lowest BCUT2D eigenvalue weighted by Gasteiger charge is -2.20. The van der Waals surface area contributed by atoms with Crippen LogP contribution in [0.3, 0.4) is 0 Å². The number of likely N-dealkylation sites (N-methyl/N-ethyl adjacent to an activating group) is 1. The summed E-state index contributed by atoms with van der Waals surface area (Å²) in [4.78, 5) is 20.3. The lowest BCUT2D eigenvalue weighted by molar-refractivity contribution is 0.0741. The zero-order valence-electron chi connectivity index (χ0n) is 14.4. The van der Waals surface area contributed by atoms with E-state index < -0.39 is 6.10 Å². The molecule has 7 heteroatoms. The summed E-state index contributed by atoms with van der Waals surface area (Å²) >= 11 is 5.95. The van der Waals surface area contributed by atoms with Crippen molar-refractivity contribution in [2.75, 3.05) is 20.2 Å². The minimum absolute atomic E-state index is 0.140. The monoisotopic (exact) mass is 373 g/mol. The van der Waals surface area contributed by atoms with Crippen molar-refractivity contribution in [2.24, 2.45) is 0 Å². The smallest absolute Gasteiger partial charge is 0.248 e. The van der Waals surface area contributed by atoms with Crippen LogP contribution in [0.2, 0.25) is 5.02 Å². The van der Waals surface area contributed by atoms with Gasteiger partial charge in [0.25, 0.3) is 0 Å². The van der Waals surface area contributed by atoms with Gasteiger partial charge in [0.1, 0.15) is 18.5 Å². The quantitative estimate of drug-likeness (QED) is 0.665. The summed E-state index contributed by atoms with van der Waals surface area (Å²) in [6.07, 6.45) is 1.02. The van der Waals surface area contributed by atoms with E-state index in [-0.39, 0.29) is 12.2 Å². The topological polar surface area (TPSA) is 78.5 Å². The second-order valence-corrected chi connectivity index (χ2v) is 6.64. The molecule has 6 nitrogen and oxygen atoms in total. The Balaban J connectivity index is 1.52. The first-order chi connectivity index (χ1) is 12.5. The molecule has 1 unspecified atom stereocenters. The van der Waals surface area contributed by atoms with Gasteiger partial charge >= 0.3 is 0 Å². The van der Waals surface area contributed by atoms with Crippen molar-refractivity contribution in [2.45, 2.75) is 12.6 Å². The largest absolute Gasteiger partial charge is 0.491 e. The highest BCUT2D eigenvalue weighted by atomic mass is 35.5. The van der Waals surface area contributed by atoms with Gasteiger partial charge in [-0.25, -0.2) is 0 Å². The standard InChI is InChI=1S/C19H20ClN3O3/c1-23(10-15-9-14(20)6-7-21-15)11-16(24)12-26-17-3-4-18-13(8-17)2-5-19(25)22-18/h2-9,16,24H,10-12H2,1H3,(H,22,25). The van der Waals surface area contributed by atoms with Gasteiger partial charge in [-0.2, -0.15) is 0 Å². The predicted molar refractivity (Wildman–Crippen MR) is 102 cm³/mol. The Hall–Kier alpha value is -2.41. The third-order valence-corrected chi connectivity index (χ3v) is 4.11. The van der Waals surface area contributed by atoms with Crippen LogP contribution >= 0.6 is 11.6 Å². The van der Waals surface area contributed by atoms with E-state index in [4.69, 9.17) is 16.3 Å². The summed E-state index contributed by atoms with van der Waals surface area (Å²) in [6.45, 7) is 1.19. The lowest BCUT2D eigenvalue weighted by Crippen LogP contribution is -2.33. The number of halogens is 1. The molecule has 0 aliphatic rings. The third kappa shape index (κ3) is 5.05. The fraction of sp³-hybridized carbons (Fsp3) is 0.263. The first-order valence-corrected chi connectivity index (χ1v) is 8.60. The number of aliphatic hydroxyl groups is 1. The number of aromatic amines is 1. The summed E-state index contributed by atoms with van der Waals surface area (Å²) in [5.74, 6) is 0.641. The Morgan fingerprint density at radius 3 is 2.92 bits per heavy atom. The Morgan fingerprint density at radius 1 is 1.27 bits per heavy atom. The van der Waals surface area contributed by atoms with Gasteiger partial charge < -0.3 is 14.8 Å². The van der Waals surface area contributed by atoms with Crippen molar-refractivity contribution in [1.82, 2.24) is 14.9 Å². The third-order valence-electron chi connectivity index (χ3n) is 3.87. The molecule has 0 bridgehead atoms. The molecule has 0 aliphatic heterocycles. The molecule has 0 fully saturated rings. The minimum atomic E-state index is -0.648. The molecule has 2 N–H and O–H groups in total. The number of aromatic nitrogens is 2. The second kappa shape index (κ2) is 8.31. The summed E-state index contributed by atoms with van der Waals surface area (Å²) in [7, 11) is 1.90. The van der Waals surface area contributed by atoms with Gasteiger partial charge in [-0.3, -0.25) is 14.7 Å². The highest BCUT2D eigenvalue weighted by molar-refractivity contribution is 6.30. The Morgan fingerprint density at radius 2 is 2.12 bits per heavy atom. The minimum Gasteiger partial charge on any atom is -0.491 e. The first-order valence-electron chi connectivity index (χ1n) is 8.22. The molecule has 0 radical (unpaired) electrons. The van der Waals surface area contributed by atoms with Crippen LogP contribution in [0.5, 0.6) is 5.75 Å². The van der Waals surface area contributed by atoms with Crippen molar-refractivity contribution >= 4 is 22.5 Å². The number of ether oxygens (including phenoxy) is 1. The number of fused-ring (bicyclic) bond motifs is 1. The van der Waals surface area contributed by atoms with E-state index in [1.165, 1.54) is 6.07 Å². The molecular weight excluding hydrogens is 354 g/mol. The van der Waals surface area contributed by atoms with E-state index in [0.29, 0.717) is 23.9 Å². The van der Waals surface area contributed by atoms with E-state index in [1.807, 2.05) is 18.0 Å². The molecule has 3 rings (SSSR count). The molecule has 2 heterocycles. The number of hydrogen-bond acceptors (Lipinski definition) is 5. The van der Waals surface area contributed by atoms with Gasteiger partial charge in [-0.1, -0.05) is 11.6 Å². The van der Waals surface area contributed by atoms with Crippen molar-refractivity contribution < 1.29 is 9.84 Å². The molecular formula is C19H20ClN3O3. The van der Waals surface area contributed by atoms with E-state index in [2.05, 4.69) is 9.97 Å². The molecule has 26 heavy (non-hydrogen) atoms. The van der Waals surface area contributed by atoms with Gasteiger partial charge in [0.05, 0.1) is 5.69 Å². The molecule has 0 saturated carbocycles. The van der Waals surface area contributed by atoms with Crippen LogP contribution < -0.4 is 10.3 Å². The number of rotatable bonds is 7. The van der Waals surface area contributed by atoms with Crippen LogP contribution in [0, 0.1) is 0 Å². The lowest BCUT2D eigenvalue weighted by atomic mass is 10.2. The summed E-state index contributed by atoms with van der Waals surface area (Å²) in [5, 5.41) is 11.7. The fourth-order valence-corrected chi connectivity index (χ4v) is 2.89.